The maximum absolute atomic E-state index is 12.0. The minimum absolute atomic E-state index is 0. The van der Waals surface area contributed by atoms with Gasteiger partial charge in [0.25, 0.3) is 0 Å². The summed E-state index contributed by atoms with van der Waals surface area (Å²) in [7, 11) is 0. The van der Waals surface area contributed by atoms with E-state index in [1.807, 2.05) is 22.6 Å². The molecule has 0 amide bonds. The minimum atomic E-state index is -4.21. The largest absolute Gasteiger partial charge is 0.390 e. The fraction of sp³-hybridized carbons (Fsp3) is 0.333. The molecule has 0 saturated carbocycles. The van der Waals surface area contributed by atoms with E-state index < -0.39 is 18.6 Å². The van der Waals surface area contributed by atoms with Gasteiger partial charge in [-0.3, -0.25) is 0 Å². The van der Waals surface area contributed by atoms with Gasteiger partial charge in [0.1, 0.15) is 0 Å². The third kappa shape index (κ3) is 5.03. The van der Waals surface area contributed by atoms with Gasteiger partial charge in [0.2, 0.25) is 0 Å². The van der Waals surface area contributed by atoms with Gasteiger partial charge < -0.3 is 5.73 Å². The second-order valence-electron chi connectivity index (χ2n) is 2.95. The molecule has 0 fully saturated rings. The molecule has 1 aromatic carbocycles. The van der Waals surface area contributed by atoms with Gasteiger partial charge in [0, 0.05) is 9.61 Å². The van der Waals surface area contributed by atoms with Crippen molar-refractivity contribution in [3.05, 3.63) is 33.4 Å². The third-order valence-corrected chi connectivity index (χ3v) is 2.74. The van der Waals surface area contributed by atoms with Gasteiger partial charge in [0.05, 0.1) is 6.42 Å². The Morgan fingerprint density at radius 3 is 2.27 bits per heavy atom. The quantitative estimate of drug-likeness (QED) is 0.809. The molecule has 0 aliphatic carbocycles. The molecule has 0 heterocycles. The van der Waals surface area contributed by atoms with Crippen molar-refractivity contribution < 1.29 is 13.2 Å². The highest BCUT2D eigenvalue weighted by molar-refractivity contribution is 14.1. The van der Waals surface area contributed by atoms with Crippen molar-refractivity contribution in [2.45, 2.75) is 18.6 Å². The fourth-order valence-electron chi connectivity index (χ4n) is 1.14. The highest BCUT2D eigenvalue weighted by Crippen LogP contribution is 2.29. The zero-order valence-electron chi connectivity index (χ0n) is 7.59. The summed E-state index contributed by atoms with van der Waals surface area (Å²) in [6.07, 6.45) is -5.19. The molecule has 2 N–H and O–H groups in total. The number of halogens is 5. The Bertz CT molecular complexity index is 316. The lowest BCUT2D eigenvalue weighted by Gasteiger charge is -2.15. The van der Waals surface area contributed by atoms with E-state index in [4.69, 9.17) is 5.73 Å². The maximum atomic E-state index is 12.0. The van der Waals surface area contributed by atoms with Crippen molar-refractivity contribution in [2.24, 2.45) is 5.73 Å². The summed E-state index contributed by atoms with van der Waals surface area (Å²) in [5.74, 6) is 0. The van der Waals surface area contributed by atoms with Crippen LogP contribution in [0.15, 0.2) is 24.3 Å². The maximum Gasteiger partial charge on any atom is 0.390 e. The third-order valence-electron chi connectivity index (χ3n) is 1.76. The molecule has 86 valence electrons. The zero-order valence-corrected chi connectivity index (χ0v) is 10.6. The molecule has 0 bridgehead atoms. The molecule has 6 heteroatoms. The molecule has 0 radical (unpaired) electrons. The van der Waals surface area contributed by atoms with Crippen molar-refractivity contribution in [2.75, 3.05) is 0 Å². The first-order valence-electron chi connectivity index (χ1n) is 3.97. The predicted molar refractivity (Wildman–Crippen MR) is 64.0 cm³/mol. The fourth-order valence-corrected chi connectivity index (χ4v) is 1.92. The number of alkyl halides is 3. The van der Waals surface area contributed by atoms with E-state index in [9.17, 15) is 13.2 Å². The minimum Gasteiger partial charge on any atom is -0.324 e. The Morgan fingerprint density at radius 1 is 1.27 bits per heavy atom. The van der Waals surface area contributed by atoms with E-state index in [0.717, 1.165) is 3.57 Å². The van der Waals surface area contributed by atoms with Gasteiger partial charge >= 0.3 is 6.18 Å². The second-order valence-corrected chi connectivity index (χ2v) is 4.11. The smallest absolute Gasteiger partial charge is 0.324 e. The summed E-state index contributed by atoms with van der Waals surface area (Å²) in [6.45, 7) is 0. The predicted octanol–water partition coefficient (Wildman–Crippen LogP) is 3.67. The highest BCUT2D eigenvalue weighted by atomic mass is 127. The molecule has 0 unspecified atom stereocenters. The van der Waals surface area contributed by atoms with Crippen LogP contribution in [0.4, 0.5) is 13.2 Å². The number of hydrogen-bond donors (Lipinski definition) is 1. The van der Waals surface area contributed by atoms with Crippen LogP contribution in [0.1, 0.15) is 18.0 Å². The molecule has 15 heavy (non-hydrogen) atoms. The van der Waals surface area contributed by atoms with Crippen LogP contribution in [-0.2, 0) is 0 Å². The first-order valence-corrected chi connectivity index (χ1v) is 5.05. The van der Waals surface area contributed by atoms with Crippen LogP contribution >= 0.6 is 35.0 Å². The topological polar surface area (TPSA) is 26.0 Å². The van der Waals surface area contributed by atoms with Crippen LogP contribution in [0, 0.1) is 3.57 Å². The Morgan fingerprint density at radius 2 is 1.80 bits per heavy atom. The summed E-state index contributed by atoms with van der Waals surface area (Å²) >= 11 is 1.98. The molecule has 1 rings (SSSR count). The molecular weight excluding hydrogens is 341 g/mol. The van der Waals surface area contributed by atoms with E-state index in [2.05, 4.69) is 0 Å². The van der Waals surface area contributed by atoms with E-state index in [0.29, 0.717) is 5.56 Å². The second kappa shape index (κ2) is 5.91. The van der Waals surface area contributed by atoms with Crippen molar-refractivity contribution in [1.29, 1.82) is 0 Å². The Balaban J connectivity index is 0.00000196. The number of rotatable bonds is 2. The van der Waals surface area contributed by atoms with Crippen LogP contribution in [0.5, 0.6) is 0 Å². The van der Waals surface area contributed by atoms with Crippen LogP contribution in [0.2, 0.25) is 0 Å². The first-order chi connectivity index (χ1) is 6.40. The molecule has 1 atom stereocenters. The van der Waals surface area contributed by atoms with Crippen molar-refractivity contribution >= 4 is 35.0 Å². The summed E-state index contributed by atoms with van der Waals surface area (Å²) in [5, 5.41) is 0. The van der Waals surface area contributed by atoms with Crippen LogP contribution in [-0.4, -0.2) is 6.18 Å². The van der Waals surface area contributed by atoms with E-state index in [-0.39, 0.29) is 12.4 Å². The van der Waals surface area contributed by atoms with E-state index >= 15 is 0 Å². The lowest BCUT2D eigenvalue weighted by molar-refractivity contribution is -0.138. The van der Waals surface area contributed by atoms with Crippen molar-refractivity contribution in [1.82, 2.24) is 0 Å². The van der Waals surface area contributed by atoms with Crippen molar-refractivity contribution in [3.8, 4) is 0 Å². The summed E-state index contributed by atoms with van der Waals surface area (Å²) in [5.41, 5.74) is 6.00. The Hall–Kier alpha value is -0.0100. The summed E-state index contributed by atoms with van der Waals surface area (Å²) in [6, 6.07) is 5.85. The highest BCUT2D eigenvalue weighted by Gasteiger charge is 2.31. The number of hydrogen-bond acceptors (Lipinski definition) is 1. The lowest BCUT2D eigenvalue weighted by Crippen LogP contribution is -2.20. The first kappa shape index (κ1) is 15.0. The SMILES string of the molecule is Cl.N[C@H](CC(F)(F)F)c1ccccc1I. The van der Waals surface area contributed by atoms with Gasteiger partial charge in [-0.05, 0) is 34.2 Å². The zero-order chi connectivity index (χ0) is 10.8. The monoisotopic (exact) mass is 351 g/mol. The molecule has 0 aromatic heterocycles. The average molecular weight is 352 g/mol. The standard InChI is InChI=1S/C9H9F3IN.ClH/c10-9(11,12)5-8(14)6-3-1-2-4-7(6)13;/h1-4,8H,5,14H2;1H/t8-;/m1./s1. The number of benzene rings is 1. The van der Waals surface area contributed by atoms with E-state index in [1.165, 1.54) is 0 Å². The van der Waals surface area contributed by atoms with Gasteiger partial charge in [-0.1, -0.05) is 18.2 Å². The van der Waals surface area contributed by atoms with Gasteiger partial charge in [0.15, 0.2) is 0 Å². The Labute approximate surface area is 106 Å². The molecule has 1 aromatic rings. The molecule has 1 nitrogen and oxygen atoms in total. The Kier molecular flexibility index (Phi) is 5.90. The molecule has 0 aliphatic heterocycles. The average Bonchev–Trinajstić information content (AvgIpc) is 2.01. The van der Waals surface area contributed by atoms with Gasteiger partial charge in [-0.2, -0.15) is 13.2 Å². The molecule has 0 spiro atoms. The van der Waals surface area contributed by atoms with E-state index in [1.54, 1.807) is 24.3 Å². The molecular formula is C9H10ClF3IN. The van der Waals surface area contributed by atoms with Crippen molar-refractivity contribution in [3.63, 3.8) is 0 Å². The summed E-state index contributed by atoms with van der Waals surface area (Å²) in [4.78, 5) is 0. The van der Waals surface area contributed by atoms with Crippen LogP contribution in [0.3, 0.4) is 0 Å². The lowest BCUT2D eigenvalue weighted by atomic mass is 10.1. The number of nitrogens with two attached hydrogens (primary N) is 1. The summed E-state index contributed by atoms with van der Waals surface area (Å²) < 4.78 is 36.9. The van der Waals surface area contributed by atoms with Gasteiger partial charge in [-0.15, -0.1) is 12.4 Å². The van der Waals surface area contributed by atoms with Crippen LogP contribution in [0.25, 0.3) is 0 Å². The van der Waals surface area contributed by atoms with Gasteiger partial charge in [-0.25, -0.2) is 0 Å². The van der Waals surface area contributed by atoms with Crippen LogP contribution < -0.4 is 5.73 Å². The molecule has 0 saturated heterocycles. The molecule has 0 aliphatic rings. The normalized spacial score (nSPS) is 13.1.